The van der Waals surface area contributed by atoms with Crippen molar-refractivity contribution in [1.29, 1.82) is 0 Å². The molecule has 530 valence electrons. The summed E-state index contributed by atoms with van der Waals surface area (Å²) >= 11 is 0. The zero-order valence-corrected chi connectivity index (χ0v) is 55.8. The summed E-state index contributed by atoms with van der Waals surface area (Å²) in [6.45, 7) is 3.90. The largest absolute Gasteiger partial charge is 0.491 e. The first-order valence-corrected chi connectivity index (χ1v) is 32.7. The predicted molar refractivity (Wildman–Crippen MR) is 381 cm³/mol. The summed E-state index contributed by atoms with van der Waals surface area (Å²) in [6.07, 6.45) is 14.3. The van der Waals surface area contributed by atoms with E-state index >= 15 is 0 Å². The molecule has 0 atom stereocenters. The van der Waals surface area contributed by atoms with Crippen LogP contribution in [-0.4, -0.2) is 104 Å². The minimum atomic E-state index is -0.447. The number of nitrogen functional groups attached to an aromatic ring is 4. The van der Waals surface area contributed by atoms with Gasteiger partial charge in [0.25, 0.3) is 0 Å². The number of nitrogens with zero attached hydrogens (tertiary/aromatic N) is 8. The minimum Gasteiger partial charge on any atom is -0.491 e. The molecule has 102 heavy (non-hydrogen) atoms. The molecule has 0 fully saturated rings. The average Bonchev–Trinajstić information content (AvgIpc) is 1.65. The molecule has 12 N–H and O–H groups in total. The number of fused-ring (bicyclic) bond motifs is 12. The van der Waals surface area contributed by atoms with Crippen LogP contribution in [0.5, 0.6) is 40.8 Å². The van der Waals surface area contributed by atoms with Crippen LogP contribution >= 0.6 is 12.4 Å². The number of halogens is 4. The van der Waals surface area contributed by atoms with Gasteiger partial charge in [-0.15, -0.1) is 12.4 Å². The van der Waals surface area contributed by atoms with E-state index in [-0.39, 0.29) is 103 Å². The molecular weight excluding hydrogens is 1350 g/mol. The van der Waals surface area contributed by atoms with Crippen molar-refractivity contribution in [3.63, 3.8) is 0 Å². The number of rotatable bonds is 0. The van der Waals surface area contributed by atoms with Gasteiger partial charge in [0.1, 0.15) is 35.3 Å². The number of pyridine rings is 4. The summed E-state index contributed by atoms with van der Waals surface area (Å²) in [4.78, 5) is 77.2. The second-order valence-corrected chi connectivity index (χ2v) is 24.0. The summed E-state index contributed by atoms with van der Waals surface area (Å²) in [7, 11) is 0. The Labute approximate surface area is 583 Å². The number of ether oxygens (including phenoxy) is 7. The molecule has 0 radical (unpaired) electrons. The Morgan fingerprint density at radius 3 is 1.06 bits per heavy atom. The van der Waals surface area contributed by atoms with Gasteiger partial charge >= 0.3 is 22.8 Å². The van der Waals surface area contributed by atoms with Crippen LogP contribution in [0.3, 0.4) is 0 Å². The second kappa shape index (κ2) is 31.4. The molecule has 0 saturated heterocycles. The van der Waals surface area contributed by atoms with Crippen molar-refractivity contribution in [1.82, 2.24) is 58.1 Å². The van der Waals surface area contributed by atoms with Gasteiger partial charge in [-0.2, -0.15) is 19.9 Å². The molecule has 0 aliphatic carbocycles. The highest BCUT2D eigenvalue weighted by atomic mass is 35.5. The lowest BCUT2D eigenvalue weighted by atomic mass is 10.0. The van der Waals surface area contributed by atoms with E-state index in [4.69, 9.17) is 56.1 Å². The molecule has 4 aromatic carbocycles. The van der Waals surface area contributed by atoms with E-state index in [1.807, 2.05) is 18.2 Å². The fourth-order valence-corrected chi connectivity index (χ4v) is 11.9. The van der Waals surface area contributed by atoms with Gasteiger partial charge in [0.15, 0.2) is 58.0 Å². The third-order valence-corrected chi connectivity index (χ3v) is 16.9. The second-order valence-electron chi connectivity index (χ2n) is 24.0. The van der Waals surface area contributed by atoms with Crippen LogP contribution in [0.25, 0.3) is 44.1 Å². The van der Waals surface area contributed by atoms with Crippen LogP contribution in [0, 0.1) is 17.5 Å². The number of H-pyrrole nitrogens is 4. The lowest BCUT2D eigenvalue weighted by Gasteiger charge is -2.12. The quantitative estimate of drug-likeness (QED) is 0.0655. The maximum atomic E-state index is 13.9. The van der Waals surface area contributed by atoms with E-state index in [2.05, 4.69) is 58.1 Å². The SMILES string of the molecule is Cl.Nc1nc2cc3c1[nH]c(=O)n3Cc1ccc(F)c(c1)OC/C=C/CCO2.Nc1nc2cc3c1[nH]c(=O)n3Cc1ccc(F)c(c1)OC/C=C/CCO2.Nc1nc2cc3c1[nH]c(=O)n3Cc1ccc(F)c(c1)OCCCCO2.Nc1nc2cc3c1[nH]c(=O)n3Cc1cccc(c1)CCCCCO2. The van der Waals surface area contributed by atoms with Gasteiger partial charge in [-0.25, -0.2) is 32.3 Å². The summed E-state index contributed by atoms with van der Waals surface area (Å²) in [6, 6.07) is 28.9. The van der Waals surface area contributed by atoms with E-state index in [1.54, 1.807) is 77.4 Å². The Morgan fingerprint density at radius 2 is 0.676 bits per heavy atom. The van der Waals surface area contributed by atoms with Crippen LogP contribution in [0.1, 0.15) is 72.8 Å². The Kier molecular flexibility index (Phi) is 21.5. The van der Waals surface area contributed by atoms with Gasteiger partial charge in [-0.1, -0.05) is 66.8 Å². The zero-order chi connectivity index (χ0) is 70.1. The molecule has 4 aliphatic rings. The zero-order valence-electron chi connectivity index (χ0n) is 55.0. The van der Waals surface area contributed by atoms with E-state index in [1.165, 1.54) is 37.5 Å². The van der Waals surface area contributed by atoms with Crippen molar-refractivity contribution < 1.29 is 46.3 Å². The van der Waals surface area contributed by atoms with Crippen LogP contribution in [-0.2, 0) is 32.6 Å². The average molecular weight is 1420 g/mol. The summed E-state index contributed by atoms with van der Waals surface area (Å²) < 4.78 is 87.1. The van der Waals surface area contributed by atoms with Crippen LogP contribution < -0.4 is 78.9 Å². The number of imidazole rings is 4. The summed E-state index contributed by atoms with van der Waals surface area (Å²) in [5, 5.41) is 0. The normalized spacial score (nSPS) is 15.2. The first-order valence-electron chi connectivity index (χ1n) is 32.7. The molecule has 0 unspecified atom stereocenters. The van der Waals surface area contributed by atoms with E-state index in [0.717, 1.165) is 66.3 Å². The molecule has 16 bridgehead atoms. The molecule has 31 heteroatoms. The highest BCUT2D eigenvalue weighted by molar-refractivity contribution is 5.88. The van der Waals surface area contributed by atoms with Crippen molar-refractivity contribution in [3.05, 3.63) is 215 Å². The smallest absolute Gasteiger partial charge is 0.326 e. The Morgan fingerprint density at radius 1 is 0.353 bits per heavy atom. The summed E-state index contributed by atoms with van der Waals surface area (Å²) in [5.41, 5.74) is 31.7. The number of aromatic amines is 4. The molecule has 12 aromatic rings. The fraction of sp³-hybridized carbons (Fsp3) is 0.268. The molecule has 4 aliphatic heterocycles. The van der Waals surface area contributed by atoms with Crippen molar-refractivity contribution in [3.8, 4) is 40.8 Å². The first-order chi connectivity index (χ1) is 49.0. The van der Waals surface area contributed by atoms with Crippen molar-refractivity contribution in [2.24, 2.45) is 0 Å². The number of anilines is 4. The van der Waals surface area contributed by atoms with Gasteiger partial charge in [0.2, 0.25) is 23.5 Å². The van der Waals surface area contributed by atoms with Gasteiger partial charge in [-0.3, -0.25) is 18.3 Å². The number of hydrogen-bond acceptors (Lipinski definition) is 19. The molecule has 12 heterocycles. The standard InChI is InChI=1S/2C18H17FN4O3.C18H20N4O2.C17H17FN4O3.ClH/c2*19-12-5-4-11-8-14(12)25-6-2-1-3-7-26-15-9-13-16(17(20)21-15)22-18(24)23(13)10-11;19-17-16-14-10-15(20-17)24-8-3-1-2-5-12-6-4-7-13(9-12)11-22(14)18(23)21-16;18-11-4-3-10-7-13(11)24-5-1-2-6-25-14-8-12-15(16(19)20-14)21-17(23)22(12)9-10;/h2*1-2,4-5,8-9H,3,6-7,10H2,(H2,20,21)(H,22,24);4,6-7,9-10H,1-3,5,8,11H2,(H2,19,20)(H,21,23);3-4,7-8H,1-2,5-6,9H2,(H2,19,20)(H,21,23);1H/b2*2-1+;;;. The molecule has 16 rings (SSSR count). The lowest BCUT2D eigenvalue weighted by molar-refractivity contribution is 0.255. The number of aromatic nitrogens is 12. The van der Waals surface area contributed by atoms with Gasteiger partial charge in [-0.05, 0) is 116 Å². The fourth-order valence-electron chi connectivity index (χ4n) is 11.9. The summed E-state index contributed by atoms with van der Waals surface area (Å²) in [5.74, 6) is 1.58. The monoisotopic (exact) mass is 1420 g/mol. The van der Waals surface area contributed by atoms with E-state index < -0.39 is 17.5 Å². The Bertz CT molecular complexity index is 5200. The number of nitrogens with one attached hydrogen (secondary N) is 4. The minimum absolute atomic E-state index is 0. The first kappa shape index (κ1) is 69.8. The van der Waals surface area contributed by atoms with Gasteiger partial charge in [0.05, 0.1) is 81.3 Å². The number of hydrogen-bond donors (Lipinski definition) is 8. The lowest BCUT2D eigenvalue weighted by Crippen LogP contribution is -2.17. The molecule has 0 amide bonds. The molecular formula is C71H72ClF3N16O11. The Balaban J connectivity index is 0.000000128. The number of benzene rings is 4. The maximum Gasteiger partial charge on any atom is 0.326 e. The van der Waals surface area contributed by atoms with Crippen molar-refractivity contribution in [2.45, 2.75) is 77.5 Å². The highest BCUT2D eigenvalue weighted by Crippen LogP contribution is 2.30. The maximum absolute atomic E-state index is 13.9. The third kappa shape index (κ3) is 16.1. The predicted octanol–water partition coefficient (Wildman–Crippen LogP) is 9.35. The van der Waals surface area contributed by atoms with Crippen LogP contribution in [0.2, 0.25) is 0 Å². The van der Waals surface area contributed by atoms with Crippen molar-refractivity contribution in [2.75, 3.05) is 69.2 Å². The van der Waals surface area contributed by atoms with E-state index in [0.29, 0.717) is 120 Å². The Hall–Kier alpha value is -12.1. The highest BCUT2D eigenvalue weighted by Gasteiger charge is 2.20. The number of aryl methyl sites for hydroxylation is 1. The number of nitrogens with two attached hydrogens (primary N) is 4. The van der Waals surface area contributed by atoms with Gasteiger partial charge < -0.3 is 76.0 Å². The molecule has 27 nitrogen and oxygen atoms in total. The molecule has 0 saturated carbocycles. The van der Waals surface area contributed by atoms with Crippen LogP contribution in [0.4, 0.5) is 36.4 Å². The van der Waals surface area contributed by atoms with Gasteiger partial charge in [0, 0.05) is 24.3 Å². The molecule has 0 spiro atoms. The van der Waals surface area contributed by atoms with Crippen LogP contribution in [0.15, 0.2) is 147 Å². The van der Waals surface area contributed by atoms with Crippen molar-refractivity contribution >= 4 is 79.8 Å². The third-order valence-electron chi connectivity index (χ3n) is 16.9. The topological polar surface area (TPSA) is 371 Å². The molecule has 8 aromatic heterocycles. The van der Waals surface area contributed by atoms with E-state index in [9.17, 15) is 32.3 Å².